The third kappa shape index (κ3) is 7.32. The third-order valence-corrected chi connectivity index (χ3v) is 3.61. The number of guanidine groups is 1. The van der Waals surface area contributed by atoms with Crippen molar-refractivity contribution in [3.05, 3.63) is 0 Å². The Morgan fingerprint density at radius 2 is 2.14 bits per heavy atom. The maximum Gasteiger partial charge on any atom is 0.224 e. The lowest BCUT2D eigenvalue weighted by Gasteiger charge is -2.31. The molecule has 0 bridgehead atoms. The molecule has 0 aromatic carbocycles. The van der Waals surface area contributed by atoms with Crippen molar-refractivity contribution in [2.45, 2.75) is 33.1 Å². The minimum absolute atomic E-state index is 0.235. The zero-order valence-corrected chi connectivity index (χ0v) is 13.7. The van der Waals surface area contributed by atoms with E-state index in [2.05, 4.69) is 22.5 Å². The van der Waals surface area contributed by atoms with Crippen LogP contribution in [-0.2, 0) is 9.53 Å². The molecule has 1 amide bonds. The Balaban J connectivity index is 2.17. The van der Waals surface area contributed by atoms with E-state index in [9.17, 15) is 4.79 Å². The summed E-state index contributed by atoms with van der Waals surface area (Å²) in [7, 11) is 1.73. The molecule has 1 atom stereocenters. The van der Waals surface area contributed by atoms with E-state index in [0.29, 0.717) is 32.0 Å². The molecule has 0 aromatic heterocycles. The summed E-state index contributed by atoms with van der Waals surface area (Å²) in [5, 5.41) is 6.32. The second-order valence-corrected chi connectivity index (χ2v) is 5.46. The largest absolute Gasteiger partial charge is 0.380 e. The molecule has 21 heavy (non-hydrogen) atoms. The summed E-state index contributed by atoms with van der Waals surface area (Å²) >= 11 is 0. The van der Waals surface area contributed by atoms with Crippen molar-refractivity contribution < 1.29 is 9.53 Å². The minimum atomic E-state index is 0.235. The van der Waals surface area contributed by atoms with Crippen molar-refractivity contribution in [3.63, 3.8) is 0 Å². The van der Waals surface area contributed by atoms with E-state index in [1.807, 2.05) is 11.8 Å². The Labute approximate surface area is 128 Å². The second kappa shape index (κ2) is 10.4. The van der Waals surface area contributed by atoms with Crippen molar-refractivity contribution >= 4 is 11.9 Å². The highest BCUT2D eigenvalue weighted by atomic mass is 16.5. The van der Waals surface area contributed by atoms with Gasteiger partial charge in [-0.2, -0.15) is 0 Å². The van der Waals surface area contributed by atoms with Gasteiger partial charge in [0.15, 0.2) is 5.96 Å². The summed E-state index contributed by atoms with van der Waals surface area (Å²) in [6.45, 7) is 8.69. The van der Waals surface area contributed by atoms with Gasteiger partial charge in [0, 0.05) is 46.3 Å². The highest BCUT2D eigenvalue weighted by molar-refractivity contribution is 5.81. The first-order chi connectivity index (χ1) is 10.2. The van der Waals surface area contributed by atoms with Crippen LogP contribution in [0.25, 0.3) is 0 Å². The number of piperidine rings is 1. The predicted molar refractivity (Wildman–Crippen MR) is 85.5 cm³/mol. The van der Waals surface area contributed by atoms with Gasteiger partial charge >= 0.3 is 0 Å². The van der Waals surface area contributed by atoms with Crippen LogP contribution < -0.4 is 10.6 Å². The van der Waals surface area contributed by atoms with E-state index in [0.717, 1.165) is 32.1 Å². The summed E-state index contributed by atoms with van der Waals surface area (Å²) in [6, 6.07) is 0. The fraction of sp³-hybridized carbons (Fsp3) is 0.867. The molecular weight excluding hydrogens is 268 g/mol. The number of ether oxygens (including phenoxy) is 1. The van der Waals surface area contributed by atoms with Gasteiger partial charge in [-0.1, -0.05) is 6.92 Å². The fourth-order valence-corrected chi connectivity index (χ4v) is 2.47. The van der Waals surface area contributed by atoms with Gasteiger partial charge in [0.25, 0.3) is 0 Å². The van der Waals surface area contributed by atoms with E-state index in [4.69, 9.17) is 4.74 Å². The number of nitrogens with one attached hydrogen (secondary N) is 2. The normalized spacial score (nSPS) is 19.5. The molecule has 0 aromatic rings. The number of carbonyl (C=O) groups excluding carboxylic acids is 1. The molecule has 6 heteroatoms. The van der Waals surface area contributed by atoms with Crippen LogP contribution in [-0.4, -0.2) is 63.2 Å². The Morgan fingerprint density at radius 1 is 1.38 bits per heavy atom. The molecule has 0 aliphatic carbocycles. The lowest BCUT2D eigenvalue weighted by Crippen LogP contribution is -2.43. The molecule has 6 nitrogen and oxygen atoms in total. The van der Waals surface area contributed by atoms with Crippen molar-refractivity contribution in [1.82, 2.24) is 15.5 Å². The molecule has 0 saturated carbocycles. The van der Waals surface area contributed by atoms with Crippen molar-refractivity contribution in [1.29, 1.82) is 0 Å². The van der Waals surface area contributed by atoms with Gasteiger partial charge in [0.1, 0.15) is 0 Å². The number of likely N-dealkylation sites (tertiary alicyclic amines) is 1. The molecule has 0 spiro atoms. The van der Waals surface area contributed by atoms with Gasteiger partial charge in [-0.15, -0.1) is 0 Å². The van der Waals surface area contributed by atoms with Gasteiger partial charge in [0.2, 0.25) is 5.91 Å². The smallest absolute Gasteiger partial charge is 0.224 e. The second-order valence-electron chi connectivity index (χ2n) is 5.46. The zero-order valence-electron chi connectivity index (χ0n) is 13.7. The van der Waals surface area contributed by atoms with Gasteiger partial charge in [-0.25, -0.2) is 0 Å². The summed E-state index contributed by atoms with van der Waals surface area (Å²) in [4.78, 5) is 18.2. The Bertz CT molecular complexity index is 334. The summed E-state index contributed by atoms with van der Waals surface area (Å²) in [5.74, 6) is 1.58. The maximum atomic E-state index is 12.1. The predicted octanol–water partition coefficient (Wildman–Crippen LogP) is 0.837. The summed E-state index contributed by atoms with van der Waals surface area (Å²) in [5.41, 5.74) is 0. The molecule has 1 unspecified atom stereocenters. The topological polar surface area (TPSA) is 66.0 Å². The molecule has 1 fully saturated rings. The van der Waals surface area contributed by atoms with Crippen LogP contribution in [0.3, 0.4) is 0 Å². The van der Waals surface area contributed by atoms with E-state index in [1.165, 1.54) is 6.42 Å². The first kappa shape index (κ1) is 17.8. The molecule has 1 heterocycles. The average Bonchev–Trinajstić information content (AvgIpc) is 2.49. The molecule has 1 saturated heterocycles. The zero-order chi connectivity index (χ0) is 15.5. The molecular formula is C15H30N4O2. The van der Waals surface area contributed by atoms with Crippen LogP contribution in [0.5, 0.6) is 0 Å². The Hall–Kier alpha value is -1.30. The van der Waals surface area contributed by atoms with E-state index >= 15 is 0 Å². The number of hydrogen-bond donors (Lipinski definition) is 2. The highest BCUT2D eigenvalue weighted by Gasteiger charge is 2.20. The number of amides is 1. The summed E-state index contributed by atoms with van der Waals surface area (Å²) < 4.78 is 5.25. The maximum absolute atomic E-state index is 12.1. The van der Waals surface area contributed by atoms with Crippen LogP contribution in [0.4, 0.5) is 0 Å². The number of rotatable bonds is 7. The number of hydrogen-bond acceptors (Lipinski definition) is 3. The fourth-order valence-electron chi connectivity index (χ4n) is 2.47. The van der Waals surface area contributed by atoms with Crippen LogP contribution in [0.15, 0.2) is 4.99 Å². The first-order valence-corrected chi connectivity index (χ1v) is 7.97. The van der Waals surface area contributed by atoms with E-state index < -0.39 is 0 Å². The molecule has 0 radical (unpaired) electrons. The average molecular weight is 298 g/mol. The quantitative estimate of drug-likeness (QED) is 0.415. The number of carbonyl (C=O) groups is 1. The van der Waals surface area contributed by atoms with Gasteiger partial charge in [0.05, 0.1) is 6.61 Å². The number of nitrogens with zero attached hydrogens (tertiary/aromatic N) is 2. The standard InChI is InChI=1S/C15H30N4O2/c1-4-21-11-9-18-15(16-3)17-8-7-14(20)19-10-5-6-13(2)12-19/h13H,4-12H2,1-3H3,(H2,16,17,18). The van der Waals surface area contributed by atoms with Crippen LogP contribution in [0, 0.1) is 5.92 Å². The summed E-state index contributed by atoms with van der Waals surface area (Å²) in [6.07, 6.45) is 2.87. The third-order valence-electron chi connectivity index (χ3n) is 3.61. The van der Waals surface area contributed by atoms with Gasteiger partial charge in [-0.3, -0.25) is 9.79 Å². The minimum Gasteiger partial charge on any atom is -0.380 e. The molecule has 122 valence electrons. The van der Waals surface area contributed by atoms with Gasteiger partial charge in [-0.05, 0) is 25.7 Å². The van der Waals surface area contributed by atoms with Crippen molar-refractivity contribution in [2.24, 2.45) is 10.9 Å². The lowest BCUT2D eigenvalue weighted by molar-refractivity contribution is -0.132. The van der Waals surface area contributed by atoms with Crippen LogP contribution in [0.2, 0.25) is 0 Å². The van der Waals surface area contributed by atoms with Crippen molar-refractivity contribution in [3.8, 4) is 0 Å². The van der Waals surface area contributed by atoms with Crippen LogP contribution in [0.1, 0.15) is 33.1 Å². The lowest BCUT2D eigenvalue weighted by atomic mass is 10.00. The van der Waals surface area contributed by atoms with E-state index in [-0.39, 0.29) is 5.91 Å². The number of aliphatic imine (C=N–C) groups is 1. The molecule has 1 rings (SSSR count). The Morgan fingerprint density at radius 3 is 2.81 bits per heavy atom. The van der Waals surface area contributed by atoms with Crippen molar-refractivity contribution in [2.75, 3.05) is 46.4 Å². The Kier molecular flexibility index (Phi) is 8.82. The highest BCUT2D eigenvalue weighted by Crippen LogP contribution is 2.15. The van der Waals surface area contributed by atoms with Crippen LogP contribution >= 0.6 is 0 Å². The molecule has 1 aliphatic heterocycles. The molecule has 1 aliphatic rings. The first-order valence-electron chi connectivity index (χ1n) is 7.97. The molecule has 2 N–H and O–H groups in total. The SMILES string of the molecule is CCOCCNC(=NC)NCCC(=O)N1CCCC(C)C1. The van der Waals surface area contributed by atoms with Gasteiger partial charge < -0.3 is 20.3 Å². The monoisotopic (exact) mass is 298 g/mol. The van der Waals surface area contributed by atoms with E-state index in [1.54, 1.807) is 7.05 Å².